The van der Waals surface area contributed by atoms with Crippen molar-refractivity contribution in [2.24, 2.45) is 5.41 Å². The van der Waals surface area contributed by atoms with E-state index < -0.39 is 0 Å². The molecule has 1 amide bonds. The van der Waals surface area contributed by atoms with E-state index in [2.05, 4.69) is 72.8 Å². The van der Waals surface area contributed by atoms with Gasteiger partial charge < -0.3 is 5.32 Å². The van der Waals surface area contributed by atoms with Gasteiger partial charge in [0.05, 0.1) is 5.69 Å². The highest BCUT2D eigenvalue weighted by Crippen LogP contribution is 2.27. The summed E-state index contributed by atoms with van der Waals surface area (Å²) in [7, 11) is 0. The summed E-state index contributed by atoms with van der Waals surface area (Å²) in [5.41, 5.74) is 4.51. The molecule has 0 saturated heterocycles. The van der Waals surface area contributed by atoms with Crippen LogP contribution in [0.3, 0.4) is 0 Å². The Morgan fingerprint density at radius 1 is 1.00 bits per heavy atom. The van der Waals surface area contributed by atoms with Crippen LogP contribution in [0.15, 0.2) is 42.5 Å². The lowest BCUT2D eigenvalue weighted by atomic mass is 9.88. The molecule has 0 unspecified atom stereocenters. The van der Waals surface area contributed by atoms with Crippen LogP contribution in [0.1, 0.15) is 69.2 Å². The molecule has 6 heteroatoms. The lowest BCUT2D eigenvalue weighted by Gasteiger charge is -2.28. The Morgan fingerprint density at radius 3 is 2.27 bits per heavy atom. The van der Waals surface area contributed by atoms with Crippen LogP contribution in [0.25, 0.3) is 16.8 Å². The van der Waals surface area contributed by atoms with Crippen LogP contribution in [-0.2, 0) is 0 Å². The molecule has 1 N–H and O–H groups in total. The maximum atomic E-state index is 13.1. The van der Waals surface area contributed by atoms with Crippen molar-refractivity contribution in [3.63, 3.8) is 0 Å². The zero-order chi connectivity index (χ0) is 22.1. The van der Waals surface area contributed by atoms with Crippen molar-refractivity contribution in [1.29, 1.82) is 0 Å². The van der Waals surface area contributed by atoms with Crippen LogP contribution < -0.4 is 5.32 Å². The van der Waals surface area contributed by atoms with E-state index in [0.717, 1.165) is 22.6 Å². The van der Waals surface area contributed by atoms with Crippen LogP contribution in [0, 0.1) is 12.3 Å². The van der Waals surface area contributed by atoms with Gasteiger partial charge in [-0.3, -0.25) is 4.79 Å². The molecule has 0 fully saturated rings. The number of benzene rings is 2. The first kappa shape index (κ1) is 21.7. The normalized spacial score (nSPS) is 12.8. The van der Waals surface area contributed by atoms with Crippen LogP contribution >= 0.6 is 0 Å². The minimum absolute atomic E-state index is 0.0238. The highest BCUT2D eigenvalue weighted by atomic mass is 16.1. The number of carbonyl (C=O) groups excluding carboxylic acids is 1. The smallest absolute Gasteiger partial charge is 0.251 e. The number of carbonyl (C=O) groups is 1. The quantitative estimate of drug-likeness (QED) is 0.653. The molecule has 0 radical (unpaired) electrons. The first-order chi connectivity index (χ1) is 14.1. The van der Waals surface area contributed by atoms with Crippen molar-refractivity contribution in [3.8, 4) is 16.8 Å². The Hall–Kier alpha value is -3.02. The number of nitrogens with one attached hydrogen (secondary N) is 1. The maximum absolute atomic E-state index is 13.1. The minimum Gasteiger partial charge on any atom is -0.349 e. The summed E-state index contributed by atoms with van der Waals surface area (Å²) in [6.07, 6.45) is 0. The minimum atomic E-state index is -0.105. The summed E-state index contributed by atoms with van der Waals surface area (Å²) < 4.78 is 1.71. The number of hydrogen-bond donors (Lipinski definition) is 1. The predicted molar refractivity (Wildman–Crippen MR) is 120 cm³/mol. The van der Waals surface area contributed by atoms with Gasteiger partial charge in [0.2, 0.25) is 0 Å². The lowest BCUT2D eigenvalue weighted by molar-refractivity contribution is 0.0910. The van der Waals surface area contributed by atoms with Crippen molar-refractivity contribution >= 4 is 5.91 Å². The third-order valence-electron chi connectivity index (χ3n) is 5.47. The second-order valence-corrected chi connectivity index (χ2v) is 9.30. The summed E-state index contributed by atoms with van der Waals surface area (Å²) >= 11 is 0. The predicted octanol–water partition coefficient (Wildman–Crippen LogP) is 4.93. The molecular formula is C24H31N5O. The zero-order valence-electron chi connectivity index (χ0n) is 18.9. The molecule has 6 nitrogen and oxygen atoms in total. The van der Waals surface area contributed by atoms with Crippen LogP contribution in [0.4, 0.5) is 0 Å². The van der Waals surface area contributed by atoms with Gasteiger partial charge in [-0.05, 0) is 59.0 Å². The molecular weight excluding hydrogens is 374 g/mol. The Labute approximate surface area is 178 Å². The Morgan fingerprint density at radius 2 is 1.67 bits per heavy atom. The molecule has 0 aliphatic heterocycles. The van der Waals surface area contributed by atoms with E-state index in [4.69, 9.17) is 0 Å². The summed E-state index contributed by atoms with van der Waals surface area (Å²) in [4.78, 5) is 13.1. The van der Waals surface area contributed by atoms with E-state index in [-0.39, 0.29) is 23.3 Å². The molecule has 0 bridgehead atoms. The number of aromatic nitrogens is 4. The number of aryl methyl sites for hydroxylation is 1. The molecule has 1 atom stereocenters. The first-order valence-electron chi connectivity index (χ1n) is 10.4. The number of rotatable bonds is 5. The standard InChI is InChI=1S/C24H31N5O/c1-15(2)22-26-27-28-29(22)21-13-19(18-10-8-16(3)9-11-18)12-20(14-21)23(30)25-17(4)24(5,6)7/h8-15,17H,1-7H3,(H,25,30)/t17-/m1/s1. The average Bonchev–Trinajstić information content (AvgIpc) is 3.17. The monoisotopic (exact) mass is 405 g/mol. The average molecular weight is 406 g/mol. The van der Waals surface area contributed by atoms with E-state index in [1.807, 2.05) is 39.0 Å². The molecule has 3 rings (SSSR count). The van der Waals surface area contributed by atoms with E-state index in [9.17, 15) is 4.79 Å². The largest absolute Gasteiger partial charge is 0.349 e. The van der Waals surface area contributed by atoms with Gasteiger partial charge in [0.1, 0.15) is 0 Å². The third kappa shape index (κ3) is 4.75. The maximum Gasteiger partial charge on any atom is 0.251 e. The molecule has 0 aliphatic rings. The summed E-state index contributed by atoms with van der Waals surface area (Å²) in [6, 6.07) is 14.1. The topological polar surface area (TPSA) is 72.7 Å². The van der Waals surface area contributed by atoms with Crippen molar-refractivity contribution < 1.29 is 4.79 Å². The molecule has 0 saturated carbocycles. The molecule has 1 aromatic heterocycles. The Kier molecular flexibility index (Phi) is 6.06. The fraction of sp³-hybridized carbons (Fsp3) is 0.417. The highest BCUT2D eigenvalue weighted by molar-refractivity contribution is 5.96. The van der Waals surface area contributed by atoms with Crippen molar-refractivity contribution in [3.05, 3.63) is 59.4 Å². The second kappa shape index (κ2) is 8.38. The molecule has 0 aliphatic carbocycles. The van der Waals surface area contributed by atoms with Gasteiger partial charge in [-0.1, -0.05) is 64.4 Å². The summed E-state index contributed by atoms with van der Waals surface area (Å²) in [5, 5.41) is 15.3. The third-order valence-corrected chi connectivity index (χ3v) is 5.47. The van der Waals surface area contributed by atoms with Gasteiger partial charge in [-0.15, -0.1) is 5.10 Å². The van der Waals surface area contributed by atoms with Crippen molar-refractivity contribution in [1.82, 2.24) is 25.5 Å². The van der Waals surface area contributed by atoms with Gasteiger partial charge in [-0.2, -0.15) is 4.68 Å². The summed E-state index contributed by atoms with van der Waals surface area (Å²) in [5.74, 6) is 0.804. The molecule has 158 valence electrons. The number of nitrogens with zero attached hydrogens (tertiary/aromatic N) is 4. The fourth-order valence-corrected chi connectivity index (χ4v) is 3.01. The van der Waals surface area contributed by atoms with E-state index in [0.29, 0.717) is 5.56 Å². The van der Waals surface area contributed by atoms with E-state index in [1.54, 1.807) is 4.68 Å². The molecule has 2 aromatic carbocycles. The first-order valence-corrected chi connectivity index (χ1v) is 10.4. The molecule has 0 spiro atoms. The molecule has 1 heterocycles. The number of tetrazole rings is 1. The Balaban J connectivity index is 2.10. The van der Waals surface area contributed by atoms with Crippen LogP contribution in [0.5, 0.6) is 0 Å². The summed E-state index contributed by atoms with van der Waals surface area (Å²) in [6.45, 7) is 14.5. The molecule has 3 aromatic rings. The van der Waals surface area contributed by atoms with E-state index >= 15 is 0 Å². The second-order valence-electron chi connectivity index (χ2n) is 9.30. The fourth-order valence-electron chi connectivity index (χ4n) is 3.01. The van der Waals surface area contributed by atoms with Gasteiger partial charge in [0, 0.05) is 17.5 Å². The molecule has 30 heavy (non-hydrogen) atoms. The highest BCUT2D eigenvalue weighted by Gasteiger charge is 2.23. The van der Waals surface area contributed by atoms with Gasteiger partial charge in [-0.25, -0.2) is 0 Å². The van der Waals surface area contributed by atoms with Gasteiger partial charge in [0.15, 0.2) is 5.82 Å². The SMILES string of the molecule is Cc1ccc(-c2cc(C(=O)N[C@H](C)C(C)(C)C)cc(-n3nnnc3C(C)C)c2)cc1. The zero-order valence-corrected chi connectivity index (χ0v) is 18.9. The Bertz CT molecular complexity index is 1030. The van der Waals surface area contributed by atoms with Crippen LogP contribution in [0.2, 0.25) is 0 Å². The lowest BCUT2D eigenvalue weighted by Crippen LogP contribution is -2.41. The van der Waals surface area contributed by atoms with Crippen molar-refractivity contribution in [2.45, 2.75) is 60.4 Å². The van der Waals surface area contributed by atoms with Crippen molar-refractivity contribution in [2.75, 3.05) is 0 Å². The van der Waals surface area contributed by atoms with Gasteiger partial charge >= 0.3 is 0 Å². The van der Waals surface area contributed by atoms with Crippen LogP contribution in [-0.4, -0.2) is 32.2 Å². The van der Waals surface area contributed by atoms with Gasteiger partial charge in [0.25, 0.3) is 5.91 Å². The number of hydrogen-bond acceptors (Lipinski definition) is 4. The van der Waals surface area contributed by atoms with E-state index in [1.165, 1.54) is 5.56 Å². The number of amides is 1.